The number of nitrogens with one attached hydrogen (secondary N) is 1. The standard InChI is InChI=1S/C7H13N5O/c1-7(8,5-2-3-13-4-5)6-9-11-12-10-6/h5H,2-4,8H2,1H3,(H,9,10,11,12). The fourth-order valence-corrected chi connectivity index (χ4v) is 1.58. The zero-order valence-corrected chi connectivity index (χ0v) is 7.53. The molecule has 1 fully saturated rings. The van der Waals surface area contributed by atoms with Crippen LogP contribution >= 0.6 is 0 Å². The van der Waals surface area contributed by atoms with Gasteiger partial charge in [0.25, 0.3) is 0 Å². The summed E-state index contributed by atoms with van der Waals surface area (Å²) in [4.78, 5) is 0. The summed E-state index contributed by atoms with van der Waals surface area (Å²) in [5.74, 6) is 0.841. The average molecular weight is 183 g/mol. The molecule has 6 nitrogen and oxygen atoms in total. The number of tetrazole rings is 1. The normalized spacial score (nSPS) is 27.4. The largest absolute Gasteiger partial charge is 0.381 e. The number of nitrogens with zero attached hydrogens (tertiary/aromatic N) is 3. The van der Waals surface area contributed by atoms with Crippen molar-refractivity contribution in [2.75, 3.05) is 13.2 Å². The third-order valence-electron chi connectivity index (χ3n) is 2.60. The van der Waals surface area contributed by atoms with Crippen LogP contribution in [-0.4, -0.2) is 33.8 Å². The molecule has 2 rings (SSSR count). The van der Waals surface area contributed by atoms with Crippen molar-refractivity contribution in [3.63, 3.8) is 0 Å². The minimum atomic E-state index is -0.538. The first kappa shape index (κ1) is 8.58. The number of aromatic amines is 1. The lowest BCUT2D eigenvalue weighted by Crippen LogP contribution is -2.42. The molecule has 72 valence electrons. The number of rotatable bonds is 2. The fourth-order valence-electron chi connectivity index (χ4n) is 1.58. The zero-order valence-electron chi connectivity index (χ0n) is 7.53. The van der Waals surface area contributed by atoms with E-state index in [1.54, 1.807) is 0 Å². The van der Waals surface area contributed by atoms with Crippen molar-refractivity contribution in [3.8, 4) is 0 Å². The summed E-state index contributed by atoms with van der Waals surface area (Å²) in [6, 6.07) is 0. The van der Waals surface area contributed by atoms with E-state index < -0.39 is 5.54 Å². The van der Waals surface area contributed by atoms with E-state index in [0.717, 1.165) is 13.0 Å². The second kappa shape index (κ2) is 3.04. The Balaban J connectivity index is 2.19. The maximum absolute atomic E-state index is 6.12. The number of aromatic nitrogens is 4. The Labute approximate surface area is 75.8 Å². The molecule has 13 heavy (non-hydrogen) atoms. The molecular formula is C7H13N5O. The first-order valence-corrected chi connectivity index (χ1v) is 4.32. The van der Waals surface area contributed by atoms with Crippen molar-refractivity contribution in [3.05, 3.63) is 5.82 Å². The van der Waals surface area contributed by atoms with Crippen molar-refractivity contribution in [1.82, 2.24) is 20.6 Å². The van der Waals surface area contributed by atoms with E-state index in [0.29, 0.717) is 12.4 Å². The summed E-state index contributed by atoms with van der Waals surface area (Å²) in [5.41, 5.74) is 5.58. The van der Waals surface area contributed by atoms with Crippen molar-refractivity contribution >= 4 is 0 Å². The molecule has 1 aliphatic rings. The third kappa shape index (κ3) is 1.42. The van der Waals surface area contributed by atoms with E-state index in [2.05, 4.69) is 20.6 Å². The molecule has 3 N–H and O–H groups in total. The highest BCUT2D eigenvalue weighted by Gasteiger charge is 2.37. The van der Waals surface area contributed by atoms with E-state index in [1.165, 1.54) is 0 Å². The molecule has 2 heterocycles. The van der Waals surface area contributed by atoms with E-state index in [1.807, 2.05) is 6.92 Å². The molecule has 1 saturated heterocycles. The van der Waals surface area contributed by atoms with Crippen LogP contribution in [-0.2, 0) is 10.3 Å². The van der Waals surface area contributed by atoms with Gasteiger partial charge in [0.1, 0.15) is 0 Å². The van der Waals surface area contributed by atoms with Crippen LogP contribution in [0.1, 0.15) is 19.2 Å². The van der Waals surface area contributed by atoms with Gasteiger partial charge in [-0.25, -0.2) is 0 Å². The molecule has 2 unspecified atom stereocenters. The number of ether oxygens (including phenoxy) is 1. The Kier molecular flexibility index (Phi) is 2.01. The predicted molar refractivity (Wildman–Crippen MR) is 44.6 cm³/mol. The van der Waals surface area contributed by atoms with Crippen molar-refractivity contribution in [1.29, 1.82) is 0 Å². The zero-order chi connectivity index (χ0) is 9.31. The molecule has 1 aromatic rings. The van der Waals surface area contributed by atoms with Gasteiger partial charge in [0.2, 0.25) is 0 Å². The summed E-state index contributed by atoms with van der Waals surface area (Å²) in [6.07, 6.45) is 0.960. The van der Waals surface area contributed by atoms with Crippen LogP contribution in [0.3, 0.4) is 0 Å². The number of nitrogens with two attached hydrogens (primary N) is 1. The maximum atomic E-state index is 6.12. The molecule has 0 saturated carbocycles. The number of hydrogen-bond donors (Lipinski definition) is 2. The first-order valence-electron chi connectivity index (χ1n) is 4.32. The van der Waals surface area contributed by atoms with Crippen LogP contribution in [0.25, 0.3) is 0 Å². The second-order valence-electron chi connectivity index (χ2n) is 3.58. The van der Waals surface area contributed by atoms with Crippen LogP contribution in [0, 0.1) is 5.92 Å². The molecule has 1 aromatic heterocycles. The average Bonchev–Trinajstić information content (AvgIpc) is 2.78. The minimum Gasteiger partial charge on any atom is -0.381 e. The van der Waals surface area contributed by atoms with Gasteiger partial charge in [-0.05, 0) is 13.3 Å². The maximum Gasteiger partial charge on any atom is 0.194 e. The fraction of sp³-hybridized carbons (Fsp3) is 0.857. The predicted octanol–water partition coefficient (Wildman–Crippen LogP) is -0.590. The van der Waals surface area contributed by atoms with Crippen molar-refractivity contribution < 1.29 is 4.74 Å². The molecule has 0 spiro atoms. The van der Waals surface area contributed by atoms with Gasteiger partial charge in [-0.1, -0.05) is 5.21 Å². The highest BCUT2D eigenvalue weighted by molar-refractivity contribution is 5.03. The lowest BCUT2D eigenvalue weighted by atomic mass is 9.85. The summed E-state index contributed by atoms with van der Waals surface area (Å²) < 4.78 is 5.28. The van der Waals surface area contributed by atoms with Crippen LogP contribution in [0.5, 0.6) is 0 Å². The molecule has 6 heteroatoms. The second-order valence-corrected chi connectivity index (χ2v) is 3.58. The monoisotopic (exact) mass is 183 g/mol. The Morgan fingerprint density at radius 1 is 1.69 bits per heavy atom. The third-order valence-corrected chi connectivity index (χ3v) is 2.60. The van der Waals surface area contributed by atoms with Gasteiger partial charge >= 0.3 is 0 Å². The SMILES string of the molecule is CC(N)(c1nn[nH]n1)C1CCOC1. The van der Waals surface area contributed by atoms with Gasteiger partial charge in [-0.15, -0.1) is 10.2 Å². The van der Waals surface area contributed by atoms with Gasteiger partial charge in [0, 0.05) is 12.5 Å². The summed E-state index contributed by atoms with van der Waals surface area (Å²) in [7, 11) is 0. The first-order chi connectivity index (χ1) is 6.21. The van der Waals surface area contributed by atoms with Gasteiger partial charge in [0.15, 0.2) is 5.82 Å². The van der Waals surface area contributed by atoms with Crippen molar-refractivity contribution in [2.45, 2.75) is 18.9 Å². The van der Waals surface area contributed by atoms with Crippen LogP contribution in [0.15, 0.2) is 0 Å². The molecule has 2 atom stereocenters. The number of hydrogen-bond acceptors (Lipinski definition) is 5. The molecule has 0 amide bonds. The lowest BCUT2D eigenvalue weighted by Gasteiger charge is -2.26. The van der Waals surface area contributed by atoms with Gasteiger partial charge in [-0.3, -0.25) is 0 Å². The molecule has 0 aliphatic carbocycles. The van der Waals surface area contributed by atoms with Crippen LogP contribution in [0.4, 0.5) is 0 Å². The lowest BCUT2D eigenvalue weighted by molar-refractivity contribution is 0.164. The Morgan fingerprint density at radius 3 is 3.08 bits per heavy atom. The Hall–Kier alpha value is -1.01. The van der Waals surface area contributed by atoms with Gasteiger partial charge in [0.05, 0.1) is 12.1 Å². The number of H-pyrrole nitrogens is 1. The highest BCUT2D eigenvalue weighted by Crippen LogP contribution is 2.29. The topological polar surface area (TPSA) is 89.7 Å². The molecular weight excluding hydrogens is 170 g/mol. The van der Waals surface area contributed by atoms with Gasteiger partial charge in [-0.2, -0.15) is 5.21 Å². The summed E-state index contributed by atoms with van der Waals surface area (Å²) in [6.45, 7) is 3.37. The molecule has 0 bridgehead atoms. The Morgan fingerprint density at radius 2 is 2.54 bits per heavy atom. The van der Waals surface area contributed by atoms with E-state index in [9.17, 15) is 0 Å². The molecule has 1 aliphatic heterocycles. The van der Waals surface area contributed by atoms with Crippen LogP contribution in [0.2, 0.25) is 0 Å². The Bertz CT molecular complexity index is 264. The molecule has 0 aromatic carbocycles. The summed E-state index contributed by atoms with van der Waals surface area (Å²) >= 11 is 0. The van der Waals surface area contributed by atoms with E-state index in [4.69, 9.17) is 10.5 Å². The quantitative estimate of drug-likeness (QED) is 0.639. The smallest absolute Gasteiger partial charge is 0.194 e. The highest BCUT2D eigenvalue weighted by atomic mass is 16.5. The van der Waals surface area contributed by atoms with E-state index in [-0.39, 0.29) is 5.92 Å². The van der Waals surface area contributed by atoms with Crippen LogP contribution < -0.4 is 5.73 Å². The minimum absolute atomic E-state index is 0.282. The van der Waals surface area contributed by atoms with E-state index >= 15 is 0 Å². The van der Waals surface area contributed by atoms with Crippen molar-refractivity contribution in [2.24, 2.45) is 11.7 Å². The molecule has 0 radical (unpaired) electrons. The van der Waals surface area contributed by atoms with Gasteiger partial charge < -0.3 is 10.5 Å². The summed E-state index contributed by atoms with van der Waals surface area (Å²) in [5, 5.41) is 13.7.